The van der Waals surface area contributed by atoms with Crippen LogP contribution in [0.5, 0.6) is 0 Å². The van der Waals surface area contributed by atoms with Crippen LogP contribution in [0.4, 0.5) is 0 Å². The van der Waals surface area contributed by atoms with Gasteiger partial charge in [0.05, 0.1) is 0 Å². The number of hydrogen-bond donors (Lipinski definition) is 2. The minimum Gasteiger partial charge on any atom is -0.323 e. The SMILES string of the molecule is N[C]1CCNCC1. The Kier molecular flexibility index (Phi) is 1.65. The van der Waals surface area contributed by atoms with Crippen LogP contribution in [0.15, 0.2) is 0 Å². The number of piperidine rings is 1. The molecule has 2 nitrogen and oxygen atoms in total. The Hall–Kier alpha value is -0.0800. The lowest BCUT2D eigenvalue weighted by Gasteiger charge is -2.16. The molecular formula is C5H11N2. The predicted octanol–water partition coefficient (Wildman–Crippen LogP) is -0.140. The van der Waals surface area contributed by atoms with E-state index in [4.69, 9.17) is 5.73 Å². The van der Waals surface area contributed by atoms with Gasteiger partial charge in [0.2, 0.25) is 0 Å². The van der Waals surface area contributed by atoms with E-state index in [1.807, 2.05) is 0 Å². The summed E-state index contributed by atoms with van der Waals surface area (Å²) in [6.45, 7) is 2.15. The first-order chi connectivity index (χ1) is 3.39. The maximum absolute atomic E-state index is 5.51. The summed E-state index contributed by atoms with van der Waals surface area (Å²) in [4.78, 5) is 0. The molecule has 7 heavy (non-hydrogen) atoms. The van der Waals surface area contributed by atoms with Gasteiger partial charge in [-0.2, -0.15) is 0 Å². The molecule has 41 valence electrons. The van der Waals surface area contributed by atoms with Gasteiger partial charge in [-0.3, -0.25) is 0 Å². The Morgan fingerprint density at radius 3 is 2.14 bits per heavy atom. The second-order valence-electron chi connectivity index (χ2n) is 1.91. The first-order valence-electron chi connectivity index (χ1n) is 2.70. The highest BCUT2D eigenvalue weighted by Gasteiger charge is 2.06. The second kappa shape index (κ2) is 2.28. The highest BCUT2D eigenvalue weighted by atomic mass is 14.9. The van der Waals surface area contributed by atoms with Crippen LogP contribution in [0.3, 0.4) is 0 Å². The fraction of sp³-hybridized carbons (Fsp3) is 0.800. The molecule has 0 atom stereocenters. The molecular weight excluding hydrogens is 88.1 g/mol. The molecule has 3 N–H and O–H groups in total. The summed E-state index contributed by atoms with van der Waals surface area (Å²) in [5.74, 6) is 0. The van der Waals surface area contributed by atoms with Gasteiger partial charge in [-0.15, -0.1) is 0 Å². The van der Waals surface area contributed by atoms with Gasteiger partial charge in [0.25, 0.3) is 0 Å². The van der Waals surface area contributed by atoms with Crippen molar-refractivity contribution in [1.82, 2.24) is 5.32 Å². The van der Waals surface area contributed by atoms with Crippen LogP contribution in [0, 0.1) is 6.04 Å². The first-order valence-corrected chi connectivity index (χ1v) is 2.70. The lowest BCUT2D eigenvalue weighted by Crippen LogP contribution is -2.30. The molecule has 1 aliphatic rings. The Bertz CT molecular complexity index is 48.0. The summed E-state index contributed by atoms with van der Waals surface area (Å²) < 4.78 is 0. The summed E-state index contributed by atoms with van der Waals surface area (Å²) in [5, 5.41) is 3.21. The summed E-state index contributed by atoms with van der Waals surface area (Å²) in [5.41, 5.74) is 5.51. The molecule has 0 saturated carbocycles. The molecule has 0 aromatic rings. The van der Waals surface area contributed by atoms with E-state index in [1.165, 1.54) is 0 Å². The molecule has 0 spiro atoms. The monoisotopic (exact) mass is 99.1 g/mol. The molecule has 0 amide bonds. The van der Waals surface area contributed by atoms with Crippen LogP contribution in [-0.2, 0) is 0 Å². The Morgan fingerprint density at radius 1 is 1.29 bits per heavy atom. The zero-order chi connectivity index (χ0) is 5.11. The third kappa shape index (κ3) is 1.45. The summed E-state index contributed by atoms with van der Waals surface area (Å²) >= 11 is 0. The lowest BCUT2D eigenvalue weighted by molar-refractivity contribution is 0.544. The normalized spacial score (nSPS) is 25.3. The van der Waals surface area contributed by atoms with Crippen molar-refractivity contribution >= 4 is 0 Å². The van der Waals surface area contributed by atoms with Crippen LogP contribution in [-0.4, -0.2) is 13.1 Å². The zero-order valence-electron chi connectivity index (χ0n) is 4.41. The third-order valence-electron chi connectivity index (χ3n) is 1.25. The van der Waals surface area contributed by atoms with E-state index in [0.717, 1.165) is 32.0 Å². The smallest absolute Gasteiger partial charge is 0.0362 e. The maximum atomic E-state index is 5.51. The van der Waals surface area contributed by atoms with E-state index in [2.05, 4.69) is 5.32 Å². The third-order valence-corrected chi connectivity index (χ3v) is 1.25. The van der Waals surface area contributed by atoms with E-state index in [1.54, 1.807) is 0 Å². The zero-order valence-corrected chi connectivity index (χ0v) is 4.41. The maximum Gasteiger partial charge on any atom is 0.0362 e. The van der Waals surface area contributed by atoms with Crippen molar-refractivity contribution < 1.29 is 0 Å². The molecule has 0 aliphatic carbocycles. The van der Waals surface area contributed by atoms with Gasteiger partial charge < -0.3 is 11.1 Å². The van der Waals surface area contributed by atoms with Gasteiger partial charge in [0, 0.05) is 6.04 Å². The highest BCUT2D eigenvalue weighted by molar-refractivity contribution is 4.86. The fourth-order valence-electron chi connectivity index (χ4n) is 0.748. The van der Waals surface area contributed by atoms with E-state index in [-0.39, 0.29) is 0 Å². The van der Waals surface area contributed by atoms with Crippen LogP contribution >= 0.6 is 0 Å². The van der Waals surface area contributed by atoms with Gasteiger partial charge in [-0.25, -0.2) is 0 Å². The Morgan fingerprint density at radius 2 is 1.86 bits per heavy atom. The number of rotatable bonds is 0. The molecule has 1 radical (unpaired) electrons. The van der Waals surface area contributed by atoms with Crippen LogP contribution in [0.25, 0.3) is 0 Å². The molecule has 0 aromatic heterocycles. The van der Waals surface area contributed by atoms with Crippen molar-refractivity contribution in [2.45, 2.75) is 12.8 Å². The average molecular weight is 99.2 g/mol. The van der Waals surface area contributed by atoms with Gasteiger partial charge in [-0.1, -0.05) is 0 Å². The number of hydrogen-bond acceptors (Lipinski definition) is 2. The second-order valence-corrected chi connectivity index (χ2v) is 1.91. The lowest BCUT2D eigenvalue weighted by atomic mass is 10.1. The highest BCUT2D eigenvalue weighted by Crippen LogP contribution is 2.04. The van der Waals surface area contributed by atoms with Gasteiger partial charge in [-0.05, 0) is 25.9 Å². The minimum atomic E-state index is 1.07. The standard InChI is InChI=1S/C5H11N2/c6-5-1-3-7-4-2-5/h7H,1-4,6H2. The Labute approximate surface area is 44.1 Å². The number of nitrogens with two attached hydrogens (primary N) is 1. The molecule has 1 rings (SSSR count). The molecule has 1 fully saturated rings. The fourth-order valence-corrected chi connectivity index (χ4v) is 0.748. The van der Waals surface area contributed by atoms with E-state index < -0.39 is 0 Å². The molecule has 1 aliphatic heterocycles. The molecule has 2 heteroatoms. The number of nitrogens with one attached hydrogen (secondary N) is 1. The largest absolute Gasteiger partial charge is 0.323 e. The van der Waals surface area contributed by atoms with Crippen LogP contribution < -0.4 is 11.1 Å². The topological polar surface area (TPSA) is 38.0 Å². The molecule has 1 heterocycles. The molecule has 0 aromatic carbocycles. The summed E-state index contributed by atoms with van der Waals surface area (Å²) in [6, 6.07) is 1.15. The van der Waals surface area contributed by atoms with Crippen molar-refractivity contribution in [3.05, 3.63) is 6.04 Å². The van der Waals surface area contributed by atoms with Crippen LogP contribution in [0.2, 0.25) is 0 Å². The van der Waals surface area contributed by atoms with Crippen molar-refractivity contribution in [2.75, 3.05) is 13.1 Å². The minimum absolute atomic E-state index is 1.07. The van der Waals surface area contributed by atoms with Gasteiger partial charge in [0.1, 0.15) is 0 Å². The summed E-state index contributed by atoms with van der Waals surface area (Å²) in [7, 11) is 0. The van der Waals surface area contributed by atoms with Crippen LogP contribution in [0.1, 0.15) is 12.8 Å². The Balaban J connectivity index is 2.12. The van der Waals surface area contributed by atoms with Gasteiger partial charge in [0.15, 0.2) is 0 Å². The average Bonchev–Trinajstić information content (AvgIpc) is 1.69. The van der Waals surface area contributed by atoms with Crippen molar-refractivity contribution in [2.24, 2.45) is 5.73 Å². The first kappa shape index (κ1) is 5.06. The predicted molar refractivity (Wildman–Crippen MR) is 29.5 cm³/mol. The van der Waals surface area contributed by atoms with Crippen molar-refractivity contribution in [3.8, 4) is 0 Å². The molecule has 1 saturated heterocycles. The summed E-state index contributed by atoms with van der Waals surface area (Å²) in [6.07, 6.45) is 2.14. The van der Waals surface area contributed by atoms with E-state index >= 15 is 0 Å². The quantitative estimate of drug-likeness (QED) is 0.443. The van der Waals surface area contributed by atoms with E-state index in [9.17, 15) is 0 Å². The van der Waals surface area contributed by atoms with E-state index in [0.29, 0.717) is 0 Å². The molecule has 0 unspecified atom stereocenters. The van der Waals surface area contributed by atoms with Crippen molar-refractivity contribution in [1.29, 1.82) is 0 Å². The molecule has 0 bridgehead atoms. The van der Waals surface area contributed by atoms with Gasteiger partial charge >= 0.3 is 0 Å². The van der Waals surface area contributed by atoms with Crippen molar-refractivity contribution in [3.63, 3.8) is 0 Å².